The lowest BCUT2D eigenvalue weighted by Gasteiger charge is -2.16. The number of thioether (sulfide) groups is 1. The average Bonchev–Trinajstić information content (AvgIpc) is 2.94. The van der Waals surface area contributed by atoms with Gasteiger partial charge in [-0.25, -0.2) is 0 Å². The van der Waals surface area contributed by atoms with Crippen molar-refractivity contribution in [1.29, 1.82) is 0 Å². The number of carbonyl (C=O) groups excluding carboxylic acids is 1. The molecule has 1 saturated heterocycles. The largest absolute Gasteiger partial charge is 0.416 e. The maximum Gasteiger partial charge on any atom is 0.416 e. The number of amides is 1. The van der Waals surface area contributed by atoms with Crippen LogP contribution in [-0.4, -0.2) is 10.2 Å². The summed E-state index contributed by atoms with van der Waals surface area (Å²) in [6, 6.07) is 18.2. The predicted octanol–water partition coefficient (Wildman–Crippen LogP) is 6.26. The van der Waals surface area contributed by atoms with E-state index in [-0.39, 0.29) is 10.0 Å². The lowest BCUT2D eigenvalue weighted by atomic mass is 10.1. The molecule has 1 heterocycles. The third-order valence-corrected chi connectivity index (χ3v) is 5.60. The first-order valence-corrected chi connectivity index (χ1v) is 9.49. The lowest BCUT2D eigenvalue weighted by molar-refractivity contribution is -0.137. The van der Waals surface area contributed by atoms with Crippen LogP contribution in [0.5, 0.6) is 0 Å². The monoisotopic (exact) mass is 415 g/mol. The molecule has 1 amide bonds. The van der Waals surface area contributed by atoms with Gasteiger partial charge in [0.1, 0.15) is 0 Å². The maximum absolute atomic E-state index is 13.0. The fraction of sp³-hybridized carbons (Fsp3) is 0.0476. The van der Waals surface area contributed by atoms with Gasteiger partial charge in [0.15, 0.2) is 4.32 Å². The Hall–Kier alpha value is -2.64. The maximum atomic E-state index is 13.0. The smallest absolute Gasteiger partial charge is 0.268 e. The Morgan fingerprint density at radius 2 is 1.68 bits per heavy atom. The van der Waals surface area contributed by atoms with Crippen LogP contribution in [0.2, 0.25) is 0 Å². The molecule has 1 aliphatic rings. The summed E-state index contributed by atoms with van der Waals surface area (Å²) in [4.78, 5) is 14.3. The van der Waals surface area contributed by atoms with Gasteiger partial charge in [-0.1, -0.05) is 66.4 Å². The Morgan fingerprint density at radius 3 is 2.43 bits per heavy atom. The topological polar surface area (TPSA) is 20.3 Å². The van der Waals surface area contributed by atoms with Crippen molar-refractivity contribution in [3.8, 4) is 0 Å². The van der Waals surface area contributed by atoms with Gasteiger partial charge in [-0.2, -0.15) is 13.2 Å². The van der Waals surface area contributed by atoms with E-state index in [2.05, 4.69) is 0 Å². The first-order chi connectivity index (χ1) is 13.3. The predicted molar refractivity (Wildman–Crippen MR) is 111 cm³/mol. The molecular formula is C21H12F3NOS2. The molecule has 28 heavy (non-hydrogen) atoms. The van der Waals surface area contributed by atoms with Crippen molar-refractivity contribution < 1.29 is 18.0 Å². The minimum absolute atomic E-state index is 0.110. The molecule has 3 aromatic rings. The molecule has 0 N–H and O–H groups in total. The Balaban J connectivity index is 1.68. The summed E-state index contributed by atoms with van der Waals surface area (Å²) in [5.74, 6) is -0.428. The van der Waals surface area contributed by atoms with E-state index in [1.165, 1.54) is 12.1 Å². The lowest BCUT2D eigenvalue weighted by Crippen LogP contribution is -2.27. The van der Waals surface area contributed by atoms with Crippen LogP contribution in [0.4, 0.5) is 18.9 Å². The third kappa shape index (κ3) is 3.55. The summed E-state index contributed by atoms with van der Waals surface area (Å²) in [7, 11) is 0. The molecule has 0 atom stereocenters. The summed E-state index contributed by atoms with van der Waals surface area (Å²) in [6.45, 7) is 0. The number of benzene rings is 3. The van der Waals surface area contributed by atoms with Gasteiger partial charge in [0.25, 0.3) is 5.91 Å². The molecule has 3 aromatic carbocycles. The van der Waals surface area contributed by atoms with Crippen molar-refractivity contribution in [2.45, 2.75) is 6.18 Å². The molecule has 4 rings (SSSR count). The highest BCUT2D eigenvalue weighted by Gasteiger charge is 2.36. The van der Waals surface area contributed by atoms with E-state index in [9.17, 15) is 18.0 Å². The highest BCUT2D eigenvalue weighted by atomic mass is 32.2. The molecule has 0 unspecified atom stereocenters. The number of halogens is 3. The molecule has 1 fully saturated rings. The zero-order chi connectivity index (χ0) is 19.9. The van der Waals surface area contributed by atoms with Crippen LogP contribution in [0.1, 0.15) is 11.1 Å². The number of nitrogens with zero attached hydrogens (tertiary/aromatic N) is 1. The van der Waals surface area contributed by atoms with E-state index in [4.69, 9.17) is 12.2 Å². The molecule has 7 heteroatoms. The van der Waals surface area contributed by atoms with Gasteiger partial charge < -0.3 is 0 Å². The van der Waals surface area contributed by atoms with Gasteiger partial charge >= 0.3 is 6.18 Å². The average molecular weight is 415 g/mol. The first-order valence-electron chi connectivity index (χ1n) is 8.27. The van der Waals surface area contributed by atoms with Crippen molar-refractivity contribution in [3.05, 3.63) is 82.8 Å². The van der Waals surface area contributed by atoms with E-state index >= 15 is 0 Å². The van der Waals surface area contributed by atoms with Crippen LogP contribution >= 0.6 is 24.0 Å². The van der Waals surface area contributed by atoms with E-state index < -0.39 is 17.6 Å². The standard InChI is InChI=1S/C21H12F3NOS2/c22-21(23,24)16-6-3-7-17(12-16)25-19(26)18(28-20(25)27)11-13-8-9-14-4-1-2-5-15(14)10-13/h1-12H/b18-11-. The number of fused-ring (bicyclic) bond motifs is 1. The second-order valence-corrected chi connectivity index (χ2v) is 7.85. The highest BCUT2D eigenvalue weighted by Crippen LogP contribution is 2.38. The number of alkyl halides is 3. The molecule has 0 spiro atoms. The molecule has 0 radical (unpaired) electrons. The summed E-state index contributed by atoms with van der Waals surface area (Å²) >= 11 is 6.33. The zero-order valence-electron chi connectivity index (χ0n) is 14.2. The molecule has 140 valence electrons. The van der Waals surface area contributed by atoms with Gasteiger partial charge in [0.2, 0.25) is 0 Å². The molecule has 0 bridgehead atoms. The SMILES string of the molecule is O=C1/C(=C/c2ccc3ccccc3c2)SC(=S)N1c1cccc(C(F)(F)F)c1. The minimum Gasteiger partial charge on any atom is -0.268 e. The molecule has 0 aliphatic carbocycles. The normalized spacial score (nSPS) is 16.4. The van der Waals surface area contributed by atoms with Crippen molar-refractivity contribution in [1.82, 2.24) is 0 Å². The van der Waals surface area contributed by atoms with Crippen LogP contribution in [0, 0.1) is 0 Å². The van der Waals surface area contributed by atoms with Crippen molar-refractivity contribution in [2.24, 2.45) is 0 Å². The van der Waals surface area contributed by atoms with Gasteiger partial charge in [-0.3, -0.25) is 9.69 Å². The van der Waals surface area contributed by atoms with E-state index in [0.29, 0.717) is 4.91 Å². The van der Waals surface area contributed by atoms with Crippen molar-refractivity contribution in [2.75, 3.05) is 4.90 Å². The van der Waals surface area contributed by atoms with E-state index in [0.717, 1.165) is 45.1 Å². The van der Waals surface area contributed by atoms with Crippen molar-refractivity contribution >= 4 is 56.7 Å². The van der Waals surface area contributed by atoms with Crippen LogP contribution in [0.15, 0.2) is 71.6 Å². The molecule has 0 saturated carbocycles. The molecule has 0 aromatic heterocycles. The number of thiocarbonyl (C=S) groups is 1. The summed E-state index contributed by atoms with van der Waals surface area (Å²) < 4.78 is 39.2. The Morgan fingerprint density at radius 1 is 0.929 bits per heavy atom. The first kappa shape index (κ1) is 18.7. The van der Waals surface area contributed by atoms with Crippen molar-refractivity contribution in [3.63, 3.8) is 0 Å². The second-order valence-electron chi connectivity index (χ2n) is 6.17. The number of carbonyl (C=O) groups is 1. The second kappa shape index (κ2) is 7.07. The Bertz CT molecular complexity index is 1140. The van der Waals surface area contributed by atoms with Gasteiger partial charge in [0.05, 0.1) is 16.2 Å². The molecule has 1 aliphatic heterocycles. The van der Waals surface area contributed by atoms with Crippen LogP contribution < -0.4 is 4.90 Å². The minimum atomic E-state index is -4.49. The van der Waals surface area contributed by atoms with Crippen LogP contribution in [0.25, 0.3) is 16.8 Å². The summed E-state index contributed by atoms with van der Waals surface area (Å²) in [5, 5.41) is 2.11. The highest BCUT2D eigenvalue weighted by molar-refractivity contribution is 8.27. The molecule has 2 nitrogen and oxygen atoms in total. The fourth-order valence-electron chi connectivity index (χ4n) is 2.96. The zero-order valence-corrected chi connectivity index (χ0v) is 15.9. The van der Waals surface area contributed by atoms with Crippen LogP contribution in [0.3, 0.4) is 0 Å². The van der Waals surface area contributed by atoms with E-state index in [1.54, 1.807) is 6.08 Å². The summed E-state index contributed by atoms with van der Waals surface area (Å²) in [5.41, 5.74) is 0.111. The number of anilines is 1. The van der Waals surface area contributed by atoms with E-state index in [1.807, 2.05) is 42.5 Å². The Kier molecular flexibility index (Phi) is 4.72. The van der Waals surface area contributed by atoms with Gasteiger partial charge in [-0.05, 0) is 46.7 Å². The van der Waals surface area contributed by atoms with Crippen LogP contribution in [-0.2, 0) is 11.0 Å². The Labute approximate surface area is 168 Å². The van der Waals surface area contributed by atoms with Gasteiger partial charge in [0, 0.05) is 0 Å². The fourth-order valence-corrected chi connectivity index (χ4v) is 4.26. The third-order valence-electron chi connectivity index (χ3n) is 4.30. The molecular weight excluding hydrogens is 403 g/mol. The number of hydrogen-bond donors (Lipinski definition) is 0. The number of rotatable bonds is 2. The van der Waals surface area contributed by atoms with Gasteiger partial charge in [-0.15, -0.1) is 0 Å². The number of hydrogen-bond acceptors (Lipinski definition) is 3. The quantitative estimate of drug-likeness (QED) is 0.364. The summed E-state index contributed by atoms with van der Waals surface area (Å²) in [6.07, 6.45) is -2.78.